The molecule has 2 N–H and O–H groups in total. The van der Waals surface area contributed by atoms with Gasteiger partial charge in [-0.15, -0.1) is 0 Å². The van der Waals surface area contributed by atoms with Gasteiger partial charge in [0, 0.05) is 18.7 Å². The van der Waals surface area contributed by atoms with Gasteiger partial charge < -0.3 is 15.5 Å². The molecule has 4 rings (SSSR count). The molecule has 3 amide bonds. The molecular formula is C20H24ClF2N3O2. The number of hydrogen-bond donors (Lipinski definition) is 2. The fourth-order valence-corrected chi connectivity index (χ4v) is 4.61. The predicted molar refractivity (Wildman–Crippen MR) is 101 cm³/mol. The van der Waals surface area contributed by atoms with Crippen LogP contribution in [0.25, 0.3) is 0 Å². The average molecular weight is 412 g/mol. The number of amides is 3. The summed E-state index contributed by atoms with van der Waals surface area (Å²) in [4.78, 5) is 26.2. The molecule has 2 atom stereocenters. The summed E-state index contributed by atoms with van der Waals surface area (Å²) in [5.74, 6) is -0.431. The van der Waals surface area contributed by atoms with Crippen LogP contribution in [0.2, 0.25) is 5.02 Å². The van der Waals surface area contributed by atoms with Gasteiger partial charge in [-0.2, -0.15) is 0 Å². The van der Waals surface area contributed by atoms with E-state index in [-0.39, 0.29) is 17.4 Å². The van der Waals surface area contributed by atoms with Crippen molar-refractivity contribution in [1.29, 1.82) is 0 Å². The Balaban J connectivity index is 1.56. The van der Waals surface area contributed by atoms with Crippen LogP contribution in [0.3, 0.4) is 0 Å². The number of hydrogen-bond acceptors (Lipinski definition) is 2. The molecular weight excluding hydrogens is 388 g/mol. The van der Waals surface area contributed by atoms with Crippen molar-refractivity contribution in [2.75, 3.05) is 13.1 Å². The first-order valence-electron chi connectivity index (χ1n) is 9.85. The molecule has 2 aliphatic carbocycles. The molecule has 0 unspecified atom stereocenters. The summed E-state index contributed by atoms with van der Waals surface area (Å²) in [6, 6.07) is 0.878. The molecule has 3 aliphatic rings. The molecule has 1 saturated heterocycles. The molecule has 1 aromatic carbocycles. The van der Waals surface area contributed by atoms with Crippen molar-refractivity contribution in [3.8, 4) is 0 Å². The Morgan fingerprint density at radius 3 is 2.68 bits per heavy atom. The molecule has 0 radical (unpaired) electrons. The van der Waals surface area contributed by atoms with Gasteiger partial charge >= 0.3 is 6.03 Å². The average Bonchev–Trinajstić information content (AvgIpc) is 3.45. The lowest BCUT2D eigenvalue weighted by Crippen LogP contribution is -2.59. The van der Waals surface area contributed by atoms with Crippen LogP contribution in [0.5, 0.6) is 0 Å². The van der Waals surface area contributed by atoms with Gasteiger partial charge in [-0.25, -0.2) is 13.6 Å². The van der Waals surface area contributed by atoms with Gasteiger partial charge in [-0.3, -0.25) is 4.79 Å². The molecule has 1 aliphatic heterocycles. The van der Waals surface area contributed by atoms with Gasteiger partial charge in [0.25, 0.3) is 0 Å². The molecule has 8 heteroatoms. The van der Waals surface area contributed by atoms with Crippen molar-refractivity contribution < 1.29 is 18.4 Å². The lowest BCUT2D eigenvalue weighted by atomic mass is 9.67. The Morgan fingerprint density at radius 2 is 2.00 bits per heavy atom. The highest BCUT2D eigenvalue weighted by Crippen LogP contribution is 2.53. The van der Waals surface area contributed by atoms with Gasteiger partial charge in [0.15, 0.2) is 0 Å². The maximum Gasteiger partial charge on any atom is 0.318 e. The summed E-state index contributed by atoms with van der Waals surface area (Å²) in [7, 11) is 0. The zero-order valence-electron chi connectivity index (χ0n) is 15.7. The van der Waals surface area contributed by atoms with Crippen LogP contribution in [0, 0.1) is 29.4 Å². The van der Waals surface area contributed by atoms with E-state index in [4.69, 9.17) is 11.6 Å². The number of halogens is 3. The summed E-state index contributed by atoms with van der Waals surface area (Å²) in [5.41, 5.74) is 0.202. The highest BCUT2D eigenvalue weighted by Gasteiger charge is 2.45. The number of carbonyl (C=O) groups excluding carboxylic acids is 2. The Labute approximate surface area is 167 Å². The first kappa shape index (κ1) is 19.4. The number of urea groups is 1. The van der Waals surface area contributed by atoms with E-state index >= 15 is 0 Å². The van der Waals surface area contributed by atoms with Crippen molar-refractivity contribution in [3.05, 3.63) is 34.4 Å². The molecule has 28 heavy (non-hydrogen) atoms. The van der Waals surface area contributed by atoms with E-state index in [1.54, 1.807) is 6.92 Å². The second kappa shape index (κ2) is 7.50. The predicted octanol–water partition coefficient (Wildman–Crippen LogP) is 3.63. The quantitative estimate of drug-likeness (QED) is 0.743. The summed E-state index contributed by atoms with van der Waals surface area (Å²) in [5, 5.41) is 5.07. The third kappa shape index (κ3) is 3.56. The summed E-state index contributed by atoms with van der Waals surface area (Å²) in [6.07, 6.45) is 4.29. The van der Waals surface area contributed by atoms with E-state index in [1.807, 2.05) is 0 Å². The van der Waals surface area contributed by atoms with E-state index in [2.05, 4.69) is 10.6 Å². The highest BCUT2D eigenvalue weighted by atomic mass is 35.5. The largest absolute Gasteiger partial charge is 0.353 e. The first-order valence-corrected chi connectivity index (χ1v) is 10.2. The van der Waals surface area contributed by atoms with Gasteiger partial charge in [-0.05, 0) is 56.4 Å². The van der Waals surface area contributed by atoms with Gasteiger partial charge in [-0.1, -0.05) is 17.7 Å². The fourth-order valence-electron chi connectivity index (χ4n) is 4.44. The Morgan fingerprint density at radius 1 is 1.29 bits per heavy atom. The highest BCUT2D eigenvalue weighted by molar-refractivity contribution is 6.31. The molecule has 2 saturated carbocycles. The van der Waals surface area contributed by atoms with Crippen molar-refractivity contribution in [1.82, 2.24) is 15.5 Å². The van der Waals surface area contributed by atoms with Crippen molar-refractivity contribution >= 4 is 23.5 Å². The first-order chi connectivity index (χ1) is 13.4. The summed E-state index contributed by atoms with van der Waals surface area (Å²) >= 11 is 5.78. The molecule has 0 aromatic heterocycles. The molecule has 0 spiro atoms. The van der Waals surface area contributed by atoms with Crippen LogP contribution in [-0.2, 0) is 4.79 Å². The van der Waals surface area contributed by atoms with E-state index in [1.165, 1.54) is 23.8 Å². The smallest absolute Gasteiger partial charge is 0.318 e. The second-order valence-electron chi connectivity index (χ2n) is 8.18. The fraction of sp³-hybridized carbons (Fsp3) is 0.600. The second-order valence-corrected chi connectivity index (χ2v) is 8.56. The zero-order chi connectivity index (χ0) is 20.0. The van der Waals surface area contributed by atoms with Crippen LogP contribution in [-0.4, -0.2) is 36.0 Å². The maximum absolute atomic E-state index is 14.7. The maximum atomic E-state index is 14.7. The molecule has 0 bridgehead atoms. The minimum atomic E-state index is -0.828. The molecule has 1 aromatic rings. The normalized spacial score (nSPS) is 28.4. The number of nitrogens with one attached hydrogen (secondary N) is 2. The van der Waals surface area contributed by atoms with Crippen molar-refractivity contribution in [2.24, 2.45) is 17.8 Å². The van der Waals surface area contributed by atoms with Gasteiger partial charge in [0.05, 0.1) is 6.04 Å². The summed E-state index contributed by atoms with van der Waals surface area (Å²) < 4.78 is 28.4. The zero-order valence-corrected chi connectivity index (χ0v) is 16.4. The number of nitrogens with zero attached hydrogens (tertiary/aromatic N) is 1. The monoisotopic (exact) mass is 411 g/mol. The van der Waals surface area contributed by atoms with Crippen molar-refractivity contribution in [2.45, 2.75) is 44.7 Å². The molecule has 1 heterocycles. The number of benzene rings is 1. The van der Waals surface area contributed by atoms with Gasteiger partial charge in [0.1, 0.15) is 22.7 Å². The van der Waals surface area contributed by atoms with Crippen LogP contribution in [0.15, 0.2) is 12.1 Å². The molecule has 3 fully saturated rings. The number of piperazine rings is 1. The topological polar surface area (TPSA) is 61.4 Å². The van der Waals surface area contributed by atoms with Gasteiger partial charge in [0.2, 0.25) is 5.91 Å². The van der Waals surface area contributed by atoms with E-state index in [0.29, 0.717) is 19.0 Å². The third-order valence-corrected chi connectivity index (χ3v) is 6.76. The SMILES string of the molecule is C[C@@H]1C(=O)NCCN1C(=O)N[C@H](c1ccc(F)c(Cl)c1F)[C@H]1C[C@H](C2CC2)C1. The Hall–Kier alpha value is -1.89. The summed E-state index contributed by atoms with van der Waals surface area (Å²) in [6.45, 7) is 2.42. The standard InChI is InChI=1S/C20H24ClF2N3O2/c1-10-19(27)24-6-7-26(10)20(28)25-18(13-8-12(9-13)11-2-3-11)14-4-5-15(22)16(21)17(14)23/h4-5,10-13,18H,2-3,6-9H2,1H3,(H,24,27)(H,25,28)/t10-,12-,13-,18+/m1/s1. The van der Waals surface area contributed by atoms with Crippen LogP contribution in [0.4, 0.5) is 13.6 Å². The number of carbonyl (C=O) groups is 2. The minimum Gasteiger partial charge on any atom is -0.353 e. The van der Waals surface area contributed by atoms with E-state index in [9.17, 15) is 18.4 Å². The van der Waals surface area contributed by atoms with Crippen LogP contribution >= 0.6 is 11.6 Å². The lowest BCUT2D eigenvalue weighted by Gasteiger charge is -2.42. The van der Waals surface area contributed by atoms with Crippen molar-refractivity contribution in [3.63, 3.8) is 0 Å². The van der Waals surface area contributed by atoms with Crippen LogP contribution in [0.1, 0.15) is 44.2 Å². The molecule has 5 nitrogen and oxygen atoms in total. The third-order valence-electron chi connectivity index (χ3n) is 6.41. The Kier molecular flexibility index (Phi) is 5.21. The minimum absolute atomic E-state index is 0.0690. The number of rotatable bonds is 4. The van der Waals surface area contributed by atoms with E-state index in [0.717, 1.165) is 24.8 Å². The van der Waals surface area contributed by atoms with Crippen LogP contribution < -0.4 is 10.6 Å². The van der Waals surface area contributed by atoms with E-state index < -0.39 is 34.8 Å². The molecule has 152 valence electrons. The Bertz CT molecular complexity index is 796. The lowest BCUT2D eigenvalue weighted by molar-refractivity contribution is -0.127.